The number of hydrogen-bond donors (Lipinski definition) is 1. The smallest absolute Gasteiger partial charge is 0.254 e. The van der Waals surface area contributed by atoms with Crippen LogP contribution in [0, 0.1) is 0 Å². The molecule has 1 aromatic rings. The molecule has 0 spiro atoms. The first-order chi connectivity index (χ1) is 11.2. The minimum atomic E-state index is 0.0599. The molecule has 2 aliphatic rings. The Balaban J connectivity index is 1.76. The summed E-state index contributed by atoms with van der Waals surface area (Å²) in [4.78, 5) is 14.7. The molecule has 1 aliphatic heterocycles. The summed E-state index contributed by atoms with van der Waals surface area (Å²) < 4.78 is 11.5. The van der Waals surface area contributed by atoms with Crippen LogP contribution in [0.15, 0.2) is 18.2 Å². The van der Waals surface area contributed by atoms with Crippen molar-refractivity contribution in [2.45, 2.75) is 44.8 Å². The van der Waals surface area contributed by atoms with Gasteiger partial charge in [0.05, 0.1) is 13.2 Å². The summed E-state index contributed by atoms with van der Waals surface area (Å²) in [6, 6.07) is 5.74. The molecule has 0 bridgehead atoms. The Kier molecular flexibility index (Phi) is 5.06. The van der Waals surface area contributed by atoms with E-state index < -0.39 is 0 Å². The van der Waals surface area contributed by atoms with Crippen LogP contribution in [0.4, 0.5) is 0 Å². The largest absolute Gasteiger partial charge is 0.493 e. The van der Waals surface area contributed by atoms with Crippen molar-refractivity contribution < 1.29 is 14.3 Å². The molecule has 5 heteroatoms. The van der Waals surface area contributed by atoms with E-state index in [9.17, 15) is 4.79 Å². The molecule has 3 rings (SSSR count). The number of carbonyl (C=O) groups excluding carboxylic acids is 1. The van der Waals surface area contributed by atoms with E-state index in [-0.39, 0.29) is 18.1 Å². The van der Waals surface area contributed by atoms with Crippen LogP contribution in [0.25, 0.3) is 0 Å². The molecule has 1 N–H and O–H groups in total. The monoisotopic (exact) mass is 318 g/mol. The Morgan fingerprint density at radius 3 is 2.74 bits per heavy atom. The second-order valence-electron chi connectivity index (χ2n) is 6.44. The first-order valence-electron chi connectivity index (χ1n) is 8.55. The van der Waals surface area contributed by atoms with E-state index in [0.29, 0.717) is 11.3 Å². The number of nitrogens with zero attached hydrogens (tertiary/aromatic N) is 1. The van der Waals surface area contributed by atoms with Crippen molar-refractivity contribution in [2.75, 3.05) is 26.7 Å². The number of ether oxygens (including phenoxy) is 2. The van der Waals surface area contributed by atoms with Gasteiger partial charge in [-0.25, -0.2) is 0 Å². The number of hydrogen-bond acceptors (Lipinski definition) is 4. The highest BCUT2D eigenvalue weighted by molar-refractivity contribution is 5.95. The summed E-state index contributed by atoms with van der Waals surface area (Å²) in [7, 11) is 1.62. The number of piperazine rings is 1. The van der Waals surface area contributed by atoms with E-state index in [1.54, 1.807) is 13.2 Å². The Labute approximate surface area is 137 Å². The van der Waals surface area contributed by atoms with E-state index in [1.807, 2.05) is 17.0 Å². The number of amides is 1. The molecule has 1 aliphatic carbocycles. The van der Waals surface area contributed by atoms with Gasteiger partial charge in [0.2, 0.25) is 0 Å². The van der Waals surface area contributed by atoms with Crippen molar-refractivity contribution in [3.05, 3.63) is 23.8 Å². The number of rotatable bonds is 4. The molecule has 1 atom stereocenters. The molecule has 5 nitrogen and oxygen atoms in total. The van der Waals surface area contributed by atoms with Gasteiger partial charge in [0.1, 0.15) is 0 Å². The van der Waals surface area contributed by atoms with Gasteiger partial charge in [-0.05, 0) is 50.8 Å². The van der Waals surface area contributed by atoms with Crippen LogP contribution in [0.5, 0.6) is 11.5 Å². The van der Waals surface area contributed by atoms with Crippen molar-refractivity contribution in [1.82, 2.24) is 10.2 Å². The lowest BCUT2D eigenvalue weighted by Crippen LogP contribution is -2.52. The van der Waals surface area contributed by atoms with Crippen molar-refractivity contribution in [1.29, 1.82) is 0 Å². The molecule has 0 radical (unpaired) electrons. The Bertz CT molecular complexity index is 555. The Hall–Kier alpha value is -1.75. The summed E-state index contributed by atoms with van der Waals surface area (Å²) in [5.41, 5.74) is 0.661. The minimum absolute atomic E-state index is 0.0599. The second kappa shape index (κ2) is 7.21. The Morgan fingerprint density at radius 2 is 2.04 bits per heavy atom. The van der Waals surface area contributed by atoms with E-state index in [4.69, 9.17) is 9.47 Å². The third-order valence-corrected chi connectivity index (χ3v) is 4.77. The number of carbonyl (C=O) groups is 1. The minimum Gasteiger partial charge on any atom is -0.493 e. The molecule has 0 aromatic heterocycles. The first-order valence-corrected chi connectivity index (χ1v) is 8.55. The summed E-state index contributed by atoms with van der Waals surface area (Å²) >= 11 is 0. The van der Waals surface area contributed by atoms with Crippen LogP contribution < -0.4 is 14.8 Å². The van der Waals surface area contributed by atoms with E-state index in [1.165, 1.54) is 12.8 Å². The Morgan fingerprint density at radius 1 is 1.26 bits per heavy atom. The average Bonchev–Trinajstić information content (AvgIpc) is 3.08. The molecule has 2 fully saturated rings. The lowest BCUT2D eigenvalue weighted by molar-refractivity contribution is 0.0655. The first kappa shape index (κ1) is 16.1. The van der Waals surface area contributed by atoms with Crippen LogP contribution in [0.2, 0.25) is 0 Å². The zero-order chi connectivity index (χ0) is 16.2. The van der Waals surface area contributed by atoms with Crippen LogP contribution in [0.3, 0.4) is 0 Å². The molecule has 0 unspecified atom stereocenters. The summed E-state index contributed by atoms with van der Waals surface area (Å²) in [6.45, 7) is 4.49. The fraction of sp³-hybridized carbons (Fsp3) is 0.611. The van der Waals surface area contributed by atoms with Gasteiger partial charge in [0, 0.05) is 31.2 Å². The van der Waals surface area contributed by atoms with E-state index in [0.717, 1.165) is 38.2 Å². The molecule has 1 amide bonds. The SMILES string of the molecule is COc1cc(C(=O)N2CCNC[C@H]2C)ccc1OC1CCCC1. The van der Waals surface area contributed by atoms with Gasteiger partial charge in [-0.2, -0.15) is 0 Å². The van der Waals surface area contributed by atoms with Crippen molar-refractivity contribution >= 4 is 5.91 Å². The third kappa shape index (κ3) is 3.61. The molecule has 1 heterocycles. The lowest BCUT2D eigenvalue weighted by Gasteiger charge is -2.34. The standard InChI is InChI=1S/C18H26N2O3/c1-13-12-19-9-10-20(13)18(21)14-7-8-16(17(11-14)22-2)23-15-5-3-4-6-15/h7-8,11,13,15,19H,3-6,9-10,12H2,1-2H3/t13-/m1/s1. The summed E-state index contributed by atoms with van der Waals surface area (Å²) in [5, 5.41) is 3.30. The summed E-state index contributed by atoms with van der Waals surface area (Å²) in [6.07, 6.45) is 4.93. The molecule has 23 heavy (non-hydrogen) atoms. The van der Waals surface area contributed by atoms with Gasteiger partial charge in [-0.3, -0.25) is 4.79 Å². The van der Waals surface area contributed by atoms with Gasteiger partial charge in [-0.1, -0.05) is 0 Å². The van der Waals surface area contributed by atoms with Gasteiger partial charge in [-0.15, -0.1) is 0 Å². The number of nitrogens with one attached hydrogen (secondary N) is 1. The highest BCUT2D eigenvalue weighted by atomic mass is 16.5. The highest BCUT2D eigenvalue weighted by Crippen LogP contribution is 2.32. The topological polar surface area (TPSA) is 50.8 Å². The van der Waals surface area contributed by atoms with E-state index >= 15 is 0 Å². The molecule has 1 saturated heterocycles. The maximum atomic E-state index is 12.7. The van der Waals surface area contributed by atoms with Crippen molar-refractivity contribution in [3.63, 3.8) is 0 Å². The van der Waals surface area contributed by atoms with Crippen LogP contribution in [-0.4, -0.2) is 49.7 Å². The van der Waals surface area contributed by atoms with Gasteiger partial charge in [0.25, 0.3) is 5.91 Å². The highest BCUT2D eigenvalue weighted by Gasteiger charge is 2.25. The number of benzene rings is 1. The van der Waals surface area contributed by atoms with Gasteiger partial charge in [0.15, 0.2) is 11.5 Å². The van der Waals surface area contributed by atoms with Crippen molar-refractivity contribution in [2.24, 2.45) is 0 Å². The molecule has 1 saturated carbocycles. The zero-order valence-electron chi connectivity index (χ0n) is 14.0. The predicted octanol–water partition coefficient (Wildman–Crippen LogP) is 2.45. The molecule has 126 valence electrons. The maximum Gasteiger partial charge on any atom is 0.254 e. The van der Waals surface area contributed by atoms with Gasteiger partial charge < -0.3 is 19.7 Å². The fourth-order valence-corrected chi connectivity index (χ4v) is 3.39. The van der Waals surface area contributed by atoms with Gasteiger partial charge >= 0.3 is 0 Å². The fourth-order valence-electron chi connectivity index (χ4n) is 3.39. The zero-order valence-corrected chi connectivity index (χ0v) is 14.0. The normalized spacial score (nSPS) is 22.2. The third-order valence-electron chi connectivity index (χ3n) is 4.77. The summed E-state index contributed by atoms with van der Waals surface area (Å²) in [5.74, 6) is 1.44. The van der Waals surface area contributed by atoms with Crippen molar-refractivity contribution in [3.8, 4) is 11.5 Å². The average molecular weight is 318 g/mol. The quantitative estimate of drug-likeness (QED) is 0.926. The van der Waals surface area contributed by atoms with Crippen LogP contribution in [-0.2, 0) is 0 Å². The number of methoxy groups -OCH3 is 1. The molecule has 1 aromatic carbocycles. The lowest BCUT2D eigenvalue weighted by atomic mass is 10.1. The van der Waals surface area contributed by atoms with Crippen LogP contribution in [0.1, 0.15) is 43.0 Å². The second-order valence-corrected chi connectivity index (χ2v) is 6.44. The molecular weight excluding hydrogens is 292 g/mol. The maximum absolute atomic E-state index is 12.7. The van der Waals surface area contributed by atoms with Crippen LogP contribution >= 0.6 is 0 Å². The van der Waals surface area contributed by atoms with E-state index in [2.05, 4.69) is 12.2 Å². The predicted molar refractivity (Wildman–Crippen MR) is 89.2 cm³/mol. The molecular formula is C18H26N2O3.